The Hall–Kier alpha value is -2.56. The monoisotopic (exact) mass is 432 g/mol. The van der Waals surface area contributed by atoms with Crippen LogP contribution in [0.4, 0.5) is 5.69 Å². The van der Waals surface area contributed by atoms with Crippen LogP contribution in [-0.4, -0.2) is 41.9 Å². The molecule has 1 aliphatic rings. The molecule has 4 rings (SSSR count). The Kier molecular flexibility index (Phi) is 5.74. The Labute approximate surface area is 172 Å². The number of anilines is 1. The molecule has 1 fully saturated rings. The normalized spacial score (nSPS) is 14.9. The topological polar surface area (TPSA) is 105 Å². The zero-order chi connectivity index (χ0) is 20.3. The van der Waals surface area contributed by atoms with Crippen LogP contribution in [0.1, 0.15) is 25.2 Å². The Bertz CT molecular complexity index is 1070. The number of hydrogen-bond donors (Lipinski definition) is 1. The van der Waals surface area contributed by atoms with Crippen molar-refractivity contribution in [3.63, 3.8) is 0 Å². The molecule has 1 amide bonds. The van der Waals surface area contributed by atoms with E-state index in [0.717, 1.165) is 18.4 Å². The molecular formula is C19H20N4O4S2. The number of nitrogens with one attached hydrogen (secondary N) is 1. The van der Waals surface area contributed by atoms with Gasteiger partial charge in [0.05, 0.1) is 4.90 Å². The van der Waals surface area contributed by atoms with Gasteiger partial charge in [0.15, 0.2) is 0 Å². The number of carbonyl (C=O) groups is 1. The lowest BCUT2D eigenvalue weighted by atomic mass is 10.2. The van der Waals surface area contributed by atoms with Crippen molar-refractivity contribution < 1.29 is 17.7 Å². The van der Waals surface area contributed by atoms with Gasteiger partial charge in [-0.2, -0.15) is 20.6 Å². The van der Waals surface area contributed by atoms with Gasteiger partial charge in [0.25, 0.3) is 0 Å². The van der Waals surface area contributed by atoms with Crippen LogP contribution in [0.5, 0.6) is 0 Å². The second kappa shape index (κ2) is 8.44. The zero-order valence-corrected chi connectivity index (χ0v) is 17.2. The number of carbonyl (C=O) groups excluding carboxylic acids is 1. The summed E-state index contributed by atoms with van der Waals surface area (Å²) in [5.41, 5.74) is 1.43. The molecule has 1 aromatic carbocycles. The SMILES string of the molecule is O=C(CCc1nc(-c2ccsc2)no1)Nc1ccc(S(=O)(=O)N2CCCC2)cc1. The highest BCUT2D eigenvalue weighted by Gasteiger charge is 2.26. The maximum absolute atomic E-state index is 12.5. The van der Waals surface area contributed by atoms with Gasteiger partial charge in [-0.25, -0.2) is 8.42 Å². The third-order valence-corrected chi connectivity index (χ3v) is 7.25. The van der Waals surface area contributed by atoms with Crippen LogP contribution in [0.2, 0.25) is 0 Å². The van der Waals surface area contributed by atoms with Gasteiger partial charge >= 0.3 is 0 Å². The van der Waals surface area contributed by atoms with Crippen LogP contribution in [0.25, 0.3) is 11.4 Å². The van der Waals surface area contributed by atoms with Gasteiger partial charge in [-0.1, -0.05) is 5.16 Å². The van der Waals surface area contributed by atoms with Crippen LogP contribution in [0.3, 0.4) is 0 Å². The maximum Gasteiger partial charge on any atom is 0.243 e. The predicted molar refractivity (Wildman–Crippen MR) is 109 cm³/mol. The molecular weight excluding hydrogens is 412 g/mol. The van der Waals surface area contributed by atoms with E-state index in [1.54, 1.807) is 23.5 Å². The maximum atomic E-state index is 12.5. The van der Waals surface area contributed by atoms with Crippen molar-refractivity contribution in [3.8, 4) is 11.4 Å². The first kappa shape index (κ1) is 19.7. The second-order valence-corrected chi connectivity index (χ2v) is 9.43. The van der Waals surface area contributed by atoms with Crippen molar-refractivity contribution in [1.82, 2.24) is 14.4 Å². The Morgan fingerprint density at radius 2 is 1.93 bits per heavy atom. The lowest BCUT2D eigenvalue weighted by molar-refractivity contribution is -0.116. The Morgan fingerprint density at radius 1 is 1.17 bits per heavy atom. The zero-order valence-electron chi connectivity index (χ0n) is 15.6. The van der Waals surface area contributed by atoms with E-state index in [9.17, 15) is 13.2 Å². The van der Waals surface area contributed by atoms with Crippen LogP contribution in [0.15, 0.2) is 50.5 Å². The van der Waals surface area contributed by atoms with E-state index in [2.05, 4.69) is 15.5 Å². The van der Waals surface area contributed by atoms with Crippen LogP contribution >= 0.6 is 11.3 Å². The number of sulfonamides is 1. The largest absolute Gasteiger partial charge is 0.339 e. The Balaban J connectivity index is 1.32. The number of thiophene rings is 1. The number of aromatic nitrogens is 2. The number of nitrogens with zero attached hydrogens (tertiary/aromatic N) is 3. The van der Waals surface area contributed by atoms with Crippen LogP contribution < -0.4 is 5.32 Å². The van der Waals surface area contributed by atoms with Crippen LogP contribution in [0, 0.1) is 0 Å². The molecule has 0 spiro atoms. The number of rotatable bonds is 7. The van der Waals surface area contributed by atoms with Gasteiger partial charge in [-0.3, -0.25) is 4.79 Å². The minimum atomic E-state index is -3.45. The Morgan fingerprint density at radius 3 is 2.62 bits per heavy atom. The van der Waals surface area contributed by atoms with Crippen molar-refractivity contribution in [3.05, 3.63) is 47.0 Å². The molecule has 0 unspecified atom stereocenters. The highest BCUT2D eigenvalue weighted by molar-refractivity contribution is 7.89. The number of aryl methyl sites for hydroxylation is 1. The van der Waals surface area contributed by atoms with Gasteiger partial charge in [-0.05, 0) is 48.6 Å². The number of hydrogen-bond acceptors (Lipinski definition) is 7. The third-order valence-electron chi connectivity index (χ3n) is 4.65. The summed E-state index contributed by atoms with van der Waals surface area (Å²) in [7, 11) is -3.45. The molecule has 10 heteroatoms. The predicted octanol–water partition coefficient (Wildman–Crippen LogP) is 3.15. The van der Waals surface area contributed by atoms with Gasteiger partial charge in [0.1, 0.15) is 0 Å². The molecule has 2 aromatic heterocycles. The van der Waals surface area contributed by atoms with E-state index in [4.69, 9.17) is 4.52 Å². The van der Waals surface area contributed by atoms with Crippen molar-refractivity contribution in [2.24, 2.45) is 0 Å². The summed E-state index contributed by atoms with van der Waals surface area (Å²) < 4.78 is 31.7. The smallest absolute Gasteiger partial charge is 0.243 e. The van der Waals surface area contributed by atoms with Gasteiger partial charge in [0.2, 0.25) is 27.6 Å². The molecule has 3 heterocycles. The molecule has 1 aliphatic heterocycles. The quantitative estimate of drug-likeness (QED) is 0.615. The molecule has 0 atom stereocenters. The molecule has 1 N–H and O–H groups in total. The molecule has 0 saturated carbocycles. The summed E-state index contributed by atoms with van der Waals surface area (Å²) in [5, 5.41) is 10.5. The fourth-order valence-corrected chi connectivity index (χ4v) is 5.25. The van der Waals surface area contributed by atoms with Gasteiger partial charge in [0, 0.05) is 42.6 Å². The molecule has 3 aromatic rings. The van der Waals surface area contributed by atoms with Gasteiger partial charge < -0.3 is 9.84 Å². The van der Waals surface area contributed by atoms with Crippen molar-refractivity contribution in [2.45, 2.75) is 30.6 Å². The molecule has 8 nitrogen and oxygen atoms in total. The summed E-state index contributed by atoms with van der Waals surface area (Å²) in [5.74, 6) is 0.695. The fraction of sp³-hybridized carbons (Fsp3) is 0.316. The lowest BCUT2D eigenvalue weighted by Gasteiger charge is -2.15. The summed E-state index contributed by atoms with van der Waals surface area (Å²) in [6.07, 6.45) is 2.29. The number of benzene rings is 1. The highest BCUT2D eigenvalue weighted by Crippen LogP contribution is 2.22. The standard InChI is InChI=1S/C19H20N4O4S2/c24-17(7-8-18-21-19(22-27-18)14-9-12-28-13-14)20-15-3-5-16(6-4-15)29(25,26)23-10-1-2-11-23/h3-6,9,12-13H,1-2,7-8,10-11H2,(H,20,24). The van der Waals surface area contributed by atoms with Crippen LogP contribution in [-0.2, 0) is 21.2 Å². The van der Waals surface area contributed by atoms with E-state index in [0.29, 0.717) is 36.9 Å². The molecule has 152 valence electrons. The lowest BCUT2D eigenvalue weighted by Crippen LogP contribution is -2.27. The van der Waals surface area contributed by atoms with Gasteiger partial charge in [-0.15, -0.1) is 0 Å². The summed E-state index contributed by atoms with van der Waals surface area (Å²) >= 11 is 1.55. The molecule has 0 bridgehead atoms. The summed E-state index contributed by atoms with van der Waals surface area (Å²) in [6, 6.07) is 8.15. The minimum absolute atomic E-state index is 0.180. The minimum Gasteiger partial charge on any atom is -0.339 e. The first-order valence-corrected chi connectivity index (χ1v) is 11.7. The second-order valence-electron chi connectivity index (χ2n) is 6.71. The molecule has 1 saturated heterocycles. The third kappa shape index (κ3) is 4.55. The average Bonchev–Trinajstić information content (AvgIpc) is 3.49. The van der Waals surface area contributed by atoms with Crippen molar-refractivity contribution in [1.29, 1.82) is 0 Å². The highest BCUT2D eigenvalue weighted by atomic mass is 32.2. The number of amides is 1. The summed E-state index contributed by atoms with van der Waals surface area (Å²) in [6.45, 7) is 1.12. The van der Waals surface area contributed by atoms with E-state index in [1.807, 2.05) is 16.8 Å². The fourth-order valence-electron chi connectivity index (χ4n) is 3.10. The first-order valence-electron chi connectivity index (χ1n) is 9.27. The molecule has 0 aliphatic carbocycles. The van der Waals surface area contributed by atoms with E-state index >= 15 is 0 Å². The molecule has 29 heavy (non-hydrogen) atoms. The molecule has 0 radical (unpaired) electrons. The van der Waals surface area contributed by atoms with E-state index in [1.165, 1.54) is 16.4 Å². The van der Waals surface area contributed by atoms with Crippen molar-refractivity contribution in [2.75, 3.05) is 18.4 Å². The first-order chi connectivity index (χ1) is 14.0. The van der Waals surface area contributed by atoms with E-state index in [-0.39, 0.29) is 17.2 Å². The van der Waals surface area contributed by atoms with E-state index < -0.39 is 10.0 Å². The van der Waals surface area contributed by atoms with Crippen molar-refractivity contribution >= 4 is 33.0 Å². The average molecular weight is 433 g/mol. The summed E-state index contributed by atoms with van der Waals surface area (Å²) in [4.78, 5) is 16.7.